The molecule has 21 heavy (non-hydrogen) atoms. The zero-order valence-corrected chi connectivity index (χ0v) is 11.1. The smallest absolute Gasteiger partial charge is 0.415 e. The lowest BCUT2D eigenvalue weighted by atomic mass is 10.2. The quantitative estimate of drug-likeness (QED) is 0.821. The number of cyclic esters (lactones) is 1. The van der Waals surface area contributed by atoms with E-state index in [1.54, 1.807) is 12.1 Å². The van der Waals surface area contributed by atoms with Crippen LogP contribution in [0.25, 0.3) is 0 Å². The SMILES string of the molecule is O=CCCC1CN(c2ccc3c(n2)NC(=O)CO3)C(=O)O1. The molecule has 1 aromatic rings. The van der Waals surface area contributed by atoms with Gasteiger partial charge in [-0.05, 0) is 18.6 Å². The lowest BCUT2D eigenvalue weighted by molar-refractivity contribution is -0.118. The number of anilines is 2. The van der Waals surface area contributed by atoms with Crippen molar-refractivity contribution in [1.82, 2.24) is 4.98 Å². The number of amides is 2. The molecule has 8 heteroatoms. The number of nitrogens with zero attached hydrogens (tertiary/aromatic N) is 2. The van der Waals surface area contributed by atoms with E-state index in [2.05, 4.69) is 10.3 Å². The molecule has 0 saturated carbocycles. The topological polar surface area (TPSA) is 97.8 Å². The minimum Gasteiger partial charge on any atom is -0.480 e. The second-order valence-corrected chi connectivity index (χ2v) is 4.71. The first-order valence-corrected chi connectivity index (χ1v) is 6.53. The van der Waals surface area contributed by atoms with E-state index in [-0.39, 0.29) is 24.4 Å². The molecule has 8 nitrogen and oxygen atoms in total. The predicted octanol–water partition coefficient (Wildman–Crippen LogP) is 0.717. The van der Waals surface area contributed by atoms with Crippen molar-refractivity contribution in [3.8, 4) is 5.75 Å². The van der Waals surface area contributed by atoms with Crippen LogP contribution < -0.4 is 15.0 Å². The van der Waals surface area contributed by atoms with Crippen LogP contribution in [-0.2, 0) is 14.3 Å². The van der Waals surface area contributed by atoms with E-state index in [0.717, 1.165) is 6.29 Å². The van der Waals surface area contributed by atoms with Crippen LogP contribution in [0.15, 0.2) is 12.1 Å². The minimum absolute atomic E-state index is 0.0481. The van der Waals surface area contributed by atoms with Crippen molar-refractivity contribution in [2.75, 3.05) is 23.4 Å². The van der Waals surface area contributed by atoms with E-state index in [1.807, 2.05) is 0 Å². The molecule has 2 aliphatic heterocycles. The monoisotopic (exact) mass is 291 g/mol. The standard InChI is InChI=1S/C13H13N3O5/c17-5-1-2-8-6-16(13(19)21-8)10-4-3-9-12(14-10)15-11(18)7-20-9/h3-5,8H,1-2,6-7H2,(H,14,15,18). The van der Waals surface area contributed by atoms with Crippen molar-refractivity contribution < 1.29 is 23.9 Å². The van der Waals surface area contributed by atoms with Gasteiger partial charge in [0.15, 0.2) is 18.2 Å². The molecule has 0 aliphatic carbocycles. The summed E-state index contributed by atoms with van der Waals surface area (Å²) in [5, 5.41) is 2.58. The number of carbonyl (C=O) groups is 3. The van der Waals surface area contributed by atoms with Gasteiger partial charge in [0.2, 0.25) is 0 Å². The third-order valence-electron chi connectivity index (χ3n) is 3.22. The Morgan fingerprint density at radius 2 is 2.29 bits per heavy atom. The van der Waals surface area contributed by atoms with Crippen molar-refractivity contribution in [3.63, 3.8) is 0 Å². The Kier molecular flexibility index (Phi) is 3.43. The molecule has 0 aromatic carbocycles. The van der Waals surface area contributed by atoms with Crippen molar-refractivity contribution in [1.29, 1.82) is 0 Å². The Bertz CT molecular complexity index is 603. The Hall–Kier alpha value is -2.64. The Morgan fingerprint density at radius 1 is 1.43 bits per heavy atom. The summed E-state index contributed by atoms with van der Waals surface area (Å²) in [4.78, 5) is 39.1. The third kappa shape index (κ3) is 2.64. The largest absolute Gasteiger partial charge is 0.480 e. The van der Waals surface area contributed by atoms with Gasteiger partial charge in [-0.1, -0.05) is 0 Å². The number of aromatic nitrogens is 1. The highest BCUT2D eigenvalue weighted by Crippen LogP contribution is 2.30. The first kappa shape index (κ1) is 13.3. The summed E-state index contributed by atoms with van der Waals surface area (Å²) >= 11 is 0. The molecule has 3 rings (SSSR count). The van der Waals surface area contributed by atoms with Gasteiger partial charge >= 0.3 is 6.09 Å². The lowest BCUT2D eigenvalue weighted by Gasteiger charge is -2.19. The van der Waals surface area contributed by atoms with Gasteiger partial charge in [-0.15, -0.1) is 0 Å². The maximum absolute atomic E-state index is 11.8. The molecule has 1 N–H and O–H groups in total. The number of fused-ring (bicyclic) bond motifs is 1. The predicted molar refractivity (Wildman–Crippen MR) is 71.3 cm³/mol. The van der Waals surface area contributed by atoms with Gasteiger partial charge < -0.3 is 19.6 Å². The third-order valence-corrected chi connectivity index (χ3v) is 3.22. The highest BCUT2D eigenvalue weighted by molar-refractivity contribution is 5.95. The van der Waals surface area contributed by atoms with Crippen LogP contribution in [0.5, 0.6) is 5.75 Å². The summed E-state index contributed by atoms with van der Waals surface area (Å²) < 4.78 is 10.4. The molecule has 0 radical (unpaired) electrons. The summed E-state index contributed by atoms with van der Waals surface area (Å²) in [5.74, 6) is 0.828. The molecule has 1 atom stereocenters. The molecule has 1 unspecified atom stereocenters. The highest BCUT2D eigenvalue weighted by Gasteiger charge is 2.33. The number of hydrogen-bond acceptors (Lipinski definition) is 6. The number of carbonyl (C=O) groups excluding carboxylic acids is 3. The molecule has 3 heterocycles. The van der Waals surface area contributed by atoms with Crippen LogP contribution in [0.4, 0.5) is 16.4 Å². The van der Waals surface area contributed by atoms with Crippen LogP contribution in [0, 0.1) is 0 Å². The maximum atomic E-state index is 11.8. The Labute approximate surface area is 120 Å². The van der Waals surface area contributed by atoms with Crippen molar-refractivity contribution in [3.05, 3.63) is 12.1 Å². The zero-order valence-electron chi connectivity index (χ0n) is 11.1. The van der Waals surface area contributed by atoms with Gasteiger partial charge in [-0.3, -0.25) is 9.69 Å². The average molecular weight is 291 g/mol. The number of pyridine rings is 1. The number of rotatable bonds is 4. The van der Waals surface area contributed by atoms with Crippen molar-refractivity contribution in [2.24, 2.45) is 0 Å². The molecule has 0 spiro atoms. The van der Waals surface area contributed by atoms with Crippen molar-refractivity contribution in [2.45, 2.75) is 18.9 Å². The maximum Gasteiger partial charge on any atom is 0.415 e. The van der Waals surface area contributed by atoms with Gasteiger partial charge in [0.25, 0.3) is 5.91 Å². The fourth-order valence-electron chi connectivity index (χ4n) is 2.22. The normalized spacial score (nSPS) is 20.4. The molecule has 2 aliphatic rings. The number of hydrogen-bond donors (Lipinski definition) is 1. The number of ether oxygens (including phenoxy) is 2. The van der Waals surface area contributed by atoms with Crippen LogP contribution in [-0.4, -0.2) is 42.5 Å². The van der Waals surface area contributed by atoms with Crippen LogP contribution in [0.1, 0.15) is 12.8 Å². The second kappa shape index (κ2) is 5.39. The first-order chi connectivity index (χ1) is 10.2. The van der Waals surface area contributed by atoms with Crippen LogP contribution in [0.2, 0.25) is 0 Å². The van der Waals surface area contributed by atoms with Crippen LogP contribution >= 0.6 is 0 Å². The highest BCUT2D eigenvalue weighted by atomic mass is 16.6. The minimum atomic E-state index is -0.513. The van der Waals surface area contributed by atoms with E-state index in [9.17, 15) is 14.4 Å². The molecule has 1 saturated heterocycles. The van der Waals surface area contributed by atoms with E-state index < -0.39 is 6.09 Å². The van der Waals surface area contributed by atoms with Crippen LogP contribution in [0.3, 0.4) is 0 Å². The van der Waals surface area contributed by atoms with Gasteiger partial charge in [0, 0.05) is 6.42 Å². The molecule has 0 bridgehead atoms. The van der Waals surface area contributed by atoms with E-state index >= 15 is 0 Å². The molecule has 1 aromatic heterocycles. The Morgan fingerprint density at radius 3 is 3.10 bits per heavy atom. The molecular weight excluding hydrogens is 278 g/mol. The first-order valence-electron chi connectivity index (χ1n) is 6.53. The lowest BCUT2D eigenvalue weighted by Crippen LogP contribution is -2.29. The summed E-state index contributed by atoms with van der Waals surface area (Å²) in [5.41, 5.74) is 0. The zero-order chi connectivity index (χ0) is 14.8. The molecule has 2 amide bonds. The van der Waals surface area contributed by atoms with Crippen molar-refractivity contribution >= 4 is 29.9 Å². The van der Waals surface area contributed by atoms with E-state index in [4.69, 9.17) is 9.47 Å². The van der Waals surface area contributed by atoms with Gasteiger partial charge in [0.1, 0.15) is 18.2 Å². The number of aldehydes is 1. The van der Waals surface area contributed by atoms with E-state index in [1.165, 1.54) is 4.90 Å². The summed E-state index contributed by atoms with van der Waals surface area (Å²) in [6.07, 6.45) is 0.775. The Balaban J connectivity index is 1.78. The summed E-state index contributed by atoms with van der Waals surface area (Å²) in [6.45, 7) is 0.279. The van der Waals surface area contributed by atoms with Gasteiger partial charge in [-0.2, -0.15) is 0 Å². The van der Waals surface area contributed by atoms with Gasteiger partial charge in [0.05, 0.1) is 6.54 Å². The summed E-state index contributed by atoms with van der Waals surface area (Å²) in [6, 6.07) is 3.27. The second-order valence-electron chi connectivity index (χ2n) is 4.71. The molecular formula is C13H13N3O5. The molecule has 110 valence electrons. The average Bonchev–Trinajstić information content (AvgIpc) is 2.85. The summed E-state index contributed by atoms with van der Waals surface area (Å²) in [7, 11) is 0. The fraction of sp³-hybridized carbons (Fsp3) is 0.385. The van der Waals surface area contributed by atoms with E-state index in [0.29, 0.717) is 31.0 Å². The molecule has 1 fully saturated rings. The number of nitrogens with one attached hydrogen (secondary N) is 1. The van der Waals surface area contributed by atoms with Gasteiger partial charge in [-0.25, -0.2) is 9.78 Å². The fourth-order valence-corrected chi connectivity index (χ4v) is 2.22.